The molecule has 0 radical (unpaired) electrons. The molecule has 0 saturated carbocycles. The number of rotatable bonds is 1. The van der Waals surface area contributed by atoms with Crippen LogP contribution in [0.15, 0.2) is 29.2 Å². The minimum atomic E-state index is -4.67. The van der Waals surface area contributed by atoms with Crippen LogP contribution in [0.25, 0.3) is 0 Å². The first-order valence-corrected chi connectivity index (χ1v) is 5.14. The molecule has 0 saturated heterocycles. The van der Waals surface area contributed by atoms with Crippen LogP contribution in [0.2, 0.25) is 0 Å². The smallest absolute Gasteiger partial charge is 0.780 e. The van der Waals surface area contributed by atoms with Gasteiger partial charge in [-0.15, -0.1) is 0 Å². The molecular weight excluding hydrogens is 251 g/mol. The number of hydrogen-bond acceptors (Lipinski definition) is 4. The SMILES string of the molecule is COc1cccc([S-])c1.O=S(=O)(O)O.[Na+]. The third kappa shape index (κ3) is 14.1. The molecule has 80 valence electrons. The Hall–Kier alpha value is 0.110. The van der Waals surface area contributed by atoms with E-state index in [9.17, 15) is 0 Å². The molecule has 1 aromatic rings. The molecule has 8 heteroatoms. The standard InChI is InChI=1S/C7H8OS.Na.H2O4S/c1-8-6-3-2-4-7(9)5-6;;1-5(2,3)4/h2-5,9H,1H3;;(H2,1,2,3,4)/q;+1;/p-1. The average molecular weight is 260 g/mol. The Morgan fingerprint density at radius 2 is 1.80 bits per heavy atom. The normalized spacial score (nSPS) is 9.27. The van der Waals surface area contributed by atoms with E-state index in [0.717, 1.165) is 10.6 Å². The Morgan fingerprint density at radius 1 is 1.33 bits per heavy atom. The molecule has 2 N–H and O–H groups in total. The first-order valence-electron chi connectivity index (χ1n) is 3.34. The van der Waals surface area contributed by atoms with Crippen LogP contribution in [-0.2, 0) is 23.0 Å². The molecule has 5 nitrogen and oxygen atoms in total. The van der Waals surface area contributed by atoms with E-state index < -0.39 is 10.4 Å². The van der Waals surface area contributed by atoms with Gasteiger partial charge in [-0.05, 0) is 12.1 Å². The molecule has 15 heavy (non-hydrogen) atoms. The van der Waals surface area contributed by atoms with Gasteiger partial charge in [0, 0.05) is 0 Å². The summed E-state index contributed by atoms with van der Waals surface area (Å²) in [6.45, 7) is 0. The predicted octanol–water partition coefficient (Wildman–Crippen LogP) is -2.05. The zero-order valence-corrected chi connectivity index (χ0v) is 11.9. The Kier molecular flexibility index (Phi) is 9.67. The fraction of sp³-hybridized carbons (Fsp3) is 0.143. The van der Waals surface area contributed by atoms with Gasteiger partial charge in [-0.3, -0.25) is 9.11 Å². The van der Waals surface area contributed by atoms with Gasteiger partial charge in [0.25, 0.3) is 0 Å². The molecule has 0 aliphatic rings. The summed E-state index contributed by atoms with van der Waals surface area (Å²) in [7, 11) is -3.04. The van der Waals surface area contributed by atoms with Gasteiger partial charge in [0.15, 0.2) is 0 Å². The van der Waals surface area contributed by atoms with Crippen LogP contribution in [0.5, 0.6) is 5.75 Å². The molecular formula is C7H9NaO5S2. The second kappa shape index (κ2) is 8.28. The Balaban J connectivity index is 0. The second-order valence-electron chi connectivity index (χ2n) is 2.13. The molecule has 0 fully saturated rings. The first-order chi connectivity index (χ1) is 6.33. The van der Waals surface area contributed by atoms with E-state index in [1.54, 1.807) is 7.11 Å². The quantitative estimate of drug-likeness (QED) is 0.343. The fourth-order valence-electron chi connectivity index (χ4n) is 0.601. The summed E-state index contributed by atoms with van der Waals surface area (Å²) in [5, 5.41) is 0. The van der Waals surface area contributed by atoms with Gasteiger partial charge in [-0.25, -0.2) is 0 Å². The molecule has 0 atom stereocenters. The Morgan fingerprint density at radius 3 is 2.07 bits per heavy atom. The van der Waals surface area contributed by atoms with Crippen LogP contribution in [-0.4, -0.2) is 24.6 Å². The fourth-order valence-corrected chi connectivity index (χ4v) is 0.796. The summed E-state index contributed by atoms with van der Waals surface area (Å²) in [5.74, 6) is 0.822. The van der Waals surface area contributed by atoms with Crippen molar-refractivity contribution in [2.45, 2.75) is 4.90 Å². The van der Waals surface area contributed by atoms with Gasteiger partial charge in [-0.1, -0.05) is 12.1 Å². The summed E-state index contributed by atoms with van der Waals surface area (Å²) in [4.78, 5) is 0.814. The topological polar surface area (TPSA) is 83.8 Å². The molecule has 1 aromatic carbocycles. The number of methoxy groups -OCH3 is 1. The Labute approximate surface area is 116 Å². The van der Waals surface area contributed by atoms with Gasteiger partial charge in [0.2, 0.25) is 0 Å². The number of hydrogen-bond donors (Lipinski definition) is 2. The minimum absolute atomic E-state index is 0. The molecule has 0 aliphatic carbocycles. The van der Waals surface area contributed by atoms with Gasteiger partial charge in [0.05, 0.1) is 7.11 Å². The van der Waals surface area contributed by atoms with E-state index in [0.29, 0.717) is 0 Å². The third-order valence-corrected chi connectivity index (χ3v) is 1.30. The number of ether oxygens (including phenoxy) is 1. The van der Waals surface area contributed by atoms with Crippen molar-refractivity contribution >= 4 is 23.0 Å². The largest absolute Gasteiger partial charge is 1.00 e. The van der Waals surface area contributed by atoms with Gasteiger partial charge < -0.3 is 17.4 Å². The van der Waals surface area contributed by atoms with Crippen molar-refractivity contribution in [2.75, 3.05) is 7.11 Å². The van der Waals surface area contributed by atoms with Crippen molar-refractivity contribution in [2.24, 2.45) is 0 Å². The first kappa shape index (κ1) is 17.5. The van der Waals surface area contributed by atoms with Crippen LogP contribution in [0.4, 0.5) is 0 Å². The molecule has 0 spiro atoms. The van der Waals surface area contributed by atoms with E-state index in [2.05, 4.69) is 0 Å². The van der Waals surface area contributed by atoms with E-state index in [1.165, 1.54) is 0 Å². The van der Waals surface area contributed by atoms with Crippen LogP contribution in [0, 0.1) is 0 Å². The zero-order chi connectivity index (χ0) is 11.2. The summed E-state index contributed by atoms with van der Waals surface area (Å²) in [5.41, 5.74) is 0. The van der Waals surface area contributed by atoms with E-state index in [1.807, 2.05) is 24.3 Å². The Bertz CT molecular complexity index is 371. The average Bonchev–Trinajstić information content (AvgIpc) is 2.01. The minimum Gasteiger partial charge on any atom is -0.780 e. The molecule has 0 heterocycles. The third-order valence-electron chi connectivity index (χ3n) is 1.04. The van der Waals surface area contributed by atoms with Gasteiger partial charge in [-0.2, -0.15) is 13.3 Å². The summed E-state index contributed by atoms with van der Waals surface area (Å²) >= 11 is 4.89. The van der Waals surface area contributed by atoms with Gasteiger partial charge in [0.1, 0.15) is 5.75 Å². The molecule has 0 unspecified atom stereocenters. The van der Waals surface area contributed by atoms with Crippen molar-refractivity contribution in [3.63, 3.8) is 0 Å². The van der Waals surface area contributed by atoms with Crippen molar-refractivity contribution in [1.82, 2.24) is 0 Å². The maximum atomic E-state index is 8.74. The van der Waals surface area contributed by atoms with Gasteiger partial charge >= 0.3 is 40.0 Å². The van der Waals surface area contributed by atoms with Crippen LogP contribution in [0.1, 0.15) is 0 Å². The van der Waals surface area contributed by atoms with Crippen molar-refractivity contribution in [3.05, 3.63) is 24.3 Å². The monoisotopic (exact) mass is 260 g/mol. The second-order valence-corrected chi connectivity index (χ2v) is 3.49. The van der Waals surface area contributed by atoms with E-state index in [4.69, 9.17) is 34.9 Å². The van der Waals surface area contributed by atoms with Crippen LogP contribution < -0.4 is 34.3 Å². The molecule has 0 aliphatic heterocycles. The van der Waals surface area contributed by atoms with Crippen molar-refractivity contribution in [3.8, 4) is 5.75 Å². The maximum absolute atomic E-state index is 8.74. The van der Waals surface area contributed by atoms with Crippen molar-refractivity contribution in [1.29, 1.82) is 0 Å². The summed E-state index contributed by atoms with van der Waals surface area (Å²) < 4.78 is 36.5. The van der Waals surface area contributed by atoms with E-state index >= 15 is 0 Å². The van der Waals surface area contributed by atoms with Crippen molar-refractivity contribution < 1.29 is 51.8 Å². The summed E-state index contributed by atoms with van der Waals surface area (Å²) in [6.07, 6.45) is 0. The molecule has 1 rings (SSSR count). The van der Waals surface area contributed by atoms with Crippen LogP contribution >= 0.6 is 0 Å². The number of benzene rings is 1. The molecule has 0 bridgehead atoms. The predicted molar refractivity (Wildman–Crippen MR) is 52.8 cm³/mol. The summed E-state index contributed by atoms with van der Waals surface area (Å²) in [6, 6.07) is 7.42. The zero-order valence-electron chi connectivity index (χ0n) is 8.25. The van der Waals surface area contributed by atoms with Crippen LogP contribution in [0.3, 0.4) is 0 Å². The maximum Gasteiger partial charge on any atom is 1.00 e. The van der Waals surface area contributed by atoms with E-state index in [-0.39, 0.29) is 29.6 Å². The molecule has 0 amide bonds. The molecule has 0 aromatic heterocycles.